The first-order valence-electron chi connectivity index (χ1n) is 6.30. The van der Waals surface area contributed by atoms with Crippen LogP contribution in [0, 0.1) is 0 Å². The second-order valence-corrected chi connectivity index (χ2v) is 4.69. The SMILES string of the molecule is c1cncc(-c2cc(C3CCCCC3)on2)c1. The fourth-order valence-corrected chi connectivity index (χ4v) is 2.52. The molecule has 0 aliphatic heterocycles. The van der Waals surface area contributed by atoms with Crippen molar-refractivity contribution >= 4 is 0 Å². The summed E-state index contributed by atoms with van der Waals surface area (Å²) in [7, 11) is 0. The van der Waals surface area contributed by atoms with E-state index < -0.39 is 0 Å². The van der Waals surface area contributed by atoms with Crippen LogP contribution in [-0.4, -0.2) is 10.1 Å². The third-order valence-electron chi connectivity index (χ3n) is 3.49. The smallest absolute Gasteiger partial charge is 0.140 e. The van der Waals surface area contributed by atoms with Gasteiger partial charge in [-0.05, 0) is 25.0 Å². The Hall–Kier alpha value is -1.64. The molecular weight excluding hydrogens is 212 g/mol. The molecule has 1 fully saturated rings. The Morgan fingerprint density at radius 3 is 2.82 bits per heavy atom. The van der Waals surface area contributed by atoms with Crippen molar-refractivity contribution in [3.63, 3.8) is 0 Å². The zero-order chi connectivity index (χ0) is 11.5. The Kier molecular flexibility index (Phi) is 2.90. The second-order valence-electron chi connectivity index (χ2n) is 4.69. The molecule has 2 aromatic heterocycles. The van der Waals surface area contributed by atoms with Crippen LogP contribution >= 0.6 is 0 Å². The second kappa shape index (κ2) is 4.70. The minimum Gasteiger partial charge on any atom is -0.360 e. The highest BCUT2D eigenvalue weighted by molar-refractivity contribution is 5.57. The Labute approximate surface area is 101 Å². The highest BCUT2D eigenvalue weighted by Gasteiger charge is 2.20. The maximum Gasteiger partial charge on any atom is 0.140 e. The maximum absolute atomic E-state index is 5.48. The summed E-state index contributed by atoms with van der Waals surface area (Å²) in [4.78, 5) is 4.10. The van der Waals surface area contributed by atoms with Gasteiger partial charge in [-0.25, -0.2) is 0 Å². The lowest BCUT2D eigenvalue weighted by Crippen LogP contribution is -2.02. The fourth-order valence-electron chi connectivity index (χ4n) is 2.52. The average Bonchev–Trinajstić information content (AvgIpc) is 2.90. The molecule has 3 nitrogen and oxygen atoms in total. The van der Waals surface area contributed by atoms with Gasteiger partial charge in [0, 0.05) is 29.9 Å². The number of hydrogen-bond acceptors (Lipinski definition) is 3. The molecule has 1 aliphatic carbocycles. The normalized spacial score (nSPS) is 17.2. The van der Waals surface area contributed by atoms with Gasteiger partial charge in [-0.15, -0.1) is 0 Å². The number of pyridine rings is 1. The highest BCUT2D eigenvalue weighted by Crippen LogP contribution is 2.34. The third kappa shape index (κ3) is 2.23. The van der Waals surface area contributed by atoms with Crippen LogP contribution in [0.2, 0.25) is 0 Å². The topological polar surface area (TPSA) is 38.9 Å². The Morgan fingerprint density at radius 1 is 1.18 bits per heavy atom. The molecule has 0 radical (unpaired) electrons. The predicted molar refractivity (Wildman–Crippen MR) is 65.6 cm³/mol. The monoisotopic (exact) mass is 228 g/mol. The summed E-state index contributed by atoms with van der Waals surface area (Å²) in [6, 6.07) is 6.01. The zero-order valence-electron chi connectivity index (χ0n) is 9.80. The molecule has 0 N–H and O–H groups in total. The van der Waals surface area contributed by atoms with Crippen LogP contribution in [0.5, 0.6) is 0 Å². The van der Waals surface area contributed by atoms with E-state index in [-0.39, 0.29) is 0 Å². The quantitative estimate of drug-likeness (QED) is 0.785. The summed E-state index contributed by atoms with van der Waals surface area (Å²) in [5, 5.41) is 4.15. The molecule has 0 bridgehead atoms. The first kappa shape index (κ1) is 10.5. The molecule has 0 amide bonds. The Balaban J connectivity index is 1.83. The minimum absolute atomic E-state index is 0.571. The van der Waals surface area contributed by atoms with Crippen LogP contribution in [0.4, 0.5) is 0 Å². The predicted octanol–water partition coefficient (Wildman–Crippen LogP) is 3.78. The first-order chi connectivity index (χ1) is 8.43. The van der Waals surface area contributed by atoms with Gasteiger partial charge in [0.25, 0.3) is 0 Å². The number of rotatable bonds is 2. The summed E-state index contributed by atoms with van der Waals surface area (Å²) in [6.07, 6.45) is 10.1. The van der Waals surface area contributed by atoms with E-state index >= 15 is 0 Å². The molecule has 3 heteroatoms. The standard InChI is InChI=1S/C14H16N2O/c1-2-5-11(6-3-1)14-9-13(16-17-14)12-7-4-8-15-10-12/h4,7-11H,1-3,5-6H2. The molecule has 1 aliphatic rings. The van der Waals surface area contributed by atoms with E-state index in [1.54, 1.807) is 6.20 Å². The van der Waals surface area contributed by atoms with Crippen molar-refractivity contribution in [2.45, 2.75) is 38.0 Å². The summed E-state index contributed by atoms with van der Waals surface area (Å²) in [5.41, 5.74) is 1.93. The number of nitrogens with zero attached hydrogens (tertiary/aromatic N) is 2. The molecule has 88 valence electrons. The van der Waals surface area contributed by atoms with Crippen molar-refractivity contribution in [1.29, 1.82) is 0 Å². The molecule has 0 spiro atoms. The van der Waals surface area contributed by atoms with Gasteiger partial charge >= 0.3 is 0 Å². The van der Waals surface area contributed by atoms with Gasteiger partial charge in [0.05, 0.1) is 0 Å². The van der Waals surface area contributed by atoms with Gasteiger partial charge in [-0.1, -0.05) is 24.4 Å². The van der Waals surface area contributed by atoms with E-state index in [9.17, 15) is 0 Å². The van der Waals surface area contributed by atoms with Gasteiger partial charge in [0.1, 0.15) is 11.5 Å². The van der Waals surface area contributed by atoms with E-state index in [4.69, 9.17) is 4.52 Å². The van der Waals surface area contributed by atoms with Crippen molar-refractivity contribution < 1.29 is 4.52 Å². The van der Waals surface area contributed by atoms with Crippen LogP contribution in [0.25, 0.3) is 11.3 Å². The highest BCUT2D eigenvalue weighted by atomic mass is 16.5. The largest absolute Gasteiger partial charge is 0.360 e. The van der Waals surface area contributed by atoms with E-state index in [1.165, 1.54) is 32.1 Å². The number of hydrogen-bond donors (Lipinski definition) is 0. The molecule has 2 aromatic rings. The van der Waals surface area contributed by atoms with E-state index in [0.717, 1.165) is 17.0 Å². The summed E-state index contributed by atoms with van der Waals surface area (Å²) in [5.74, 6) is 1.62. The molecule has 0 atom stereocenters. The van der Waals surface area contributed by atoms with Gasteiger partial charge in [-0.3, -0.25) is 4.98 Å². The first-order valence-corrected chi connectivity index (χ1v) is 6.30. The zero-order valence-corrected chi connectivity index (χ0v) is 9.80. The third-order valence-corrected chi connectivity index (χ3v) is 3.49. The van der Waals surface area contributed by atoms with Gasteiger partial charge in [0.2, 0.25) is 0 Å². The Morgan fingerprint density at radius 2 is 2.06 bits per heavy atom. The van der Waals surface area contributed by atoms with E-state index in [1.807, 2.05) is 18.3 Å². The van der Waals surface area contributed by atoms with Crippen LogP contribution in [0.3, 0.4) is 0 Å². The lowest BCUT2D eigenvalue weighted by atomic mass is 9.87. The van der Waals surface area contributed by atoms with Crippen LogP contribution in [0.15, 0.2) is 35.1 Å². The minimum atomic E-state index is 0.571. The number of aromatic nitrogens is 2. The van der Waals surface area contributed by atoms with Crippen molar-refractivity contribution in [3.8, 4) is 11.3 Å². The lowest BCUT2D eigenvalue weighted by molar-refractivity contribution is 0.322. The molecule has 3 rings (SSSR count). The summed E-state index contributed by atoms with van der Waals surface area (Å²) < 4.78 is 5.48. The van der Waals surface area contributed by atoms with Gasteiger partial charge < -0.3 is 4.52 Å². The van der Waals surface area contributed by atoms with Crippen LogP contribution in [-0.2, 0) is 0 Å². The maximum atomic E-state index is 5.48. The average molecular weight is 228 g/mol. The molecule has 2 heterocycles. The molecular formula is C14H16N2O. The molecule has 17 heavy (non-hydrogen) atoms. The van der Waals surface area contributed by atoms with Crippen LogP contribution < -0.4 is 0 Å². The lowest BCUT2D eigenvalue weighted by Gasteiger charge is -2.18. The van der Waals surface area contributed by atoms with E-state index in [2.05, 4.69) is 16.2 Å². The van der Waals surface area contributed by atoms with Crippen molar-refractivity contribution in [3.05, 3.63) is 36.4 Å². The van der Waals surface area contributed by atoms with Crippen LogP contribution in [0.1, 0.15) is 43.8 Å². The van der Waals surface area contributed by atoms with Crippen molar-refractivity contribution in [2.24, 2.45) is 0 Å². The molecule has 0 aromatic carbocycles. The molecule has 1 saturated carbocycles. The summed E-state index contributed by atoms with van der Waals surface area (Å²) in [6.45, 7) is 0. The van der Waals surface area contributed by atoms with Crippen molar-refractivity contribution in [2.75, 3.05) is 0 Å². The summed E-state index contributed by atoms with van der Waals surface area (Å²) >= 11 is 0. The van der Waals surface area contributed by atoms with Gasteiger partial charge in [0.15, 0.2) is 0 Å². The van der Waals surface area contributed by atoms with Crippen molar-refractivity contribution in [1.82, 2.24) is 10.1 Å². The molecule has 0 saturated heterocycles. The fraction of sp³-hybridized carbons (Fsp3) is 0.429. The molecule has 0 unspecified atom stereocenters. The van der Waals surface area contributed by atoms with E-state index in [0.29, 0.717) is 5.92 Å². The Bertz CT molecular complexity index is 472. The van der Waals surface area contributed by atoms with Gasteiger partial charge in [-0.2, -0.15) is 0 Å².